The van der Waals surface area contributed by atoms with Gasteiger partial charge in [-0.25, -0.2) is 0 Å². The van der Waals surface area contributed by atoms with Gasteiger partial charge in [-0.05, 0) is 12.1 Å². The third-order valence-electron chi connectivity index (χ3n) is 1.59. The Morgan fingerprint density at radius 2 is 2.25 bits per heavy atom. The number of nitrogens with two attached hydrogens (primary N) is 1. The second-order valence-electron chi connectivity index (χ2n) is 2.37. The molecular formula is C8H9N3O. The van der Waals surface area contributed by atoms with E-state index in [2.05, 4.69) is 9.97 Å². The van der Waals surface area contributed by atoms with Gasteiger partial charge in [0.15, 0.2) is 0 Å². The molecule has 62 valence electrons. The van der Waals surface area contributed by atoms with Crippen LogP contribution in [-0.2, 0) is 0 Å². The highest BCUT2D eigenvalue weighted by molar-refractivity contribution is 5.75. The maximum atomic E-state index is 5.20. The van der Waals surface area contributed by atoms with E-state index in [0.717, 1.165) is 11.0 Å². The maximum Gasteiger partial charge on any atom is 0.295 e. The van der Waals surface area contributed by atoms with Crippen LogP contribution in [0.2, 0.25) is 0 Å². The number of nitrogens with zero attached hydrogens (tertiary/aromatic N) is 1. The second-order valence-corrected chi connectivity index (χ2v) is 2.37. The summed E-state index contributed by atoms with van der Waals surface area (Å²) in [5, 5.41) is 0. The van der Waals surface area contributed by atoms with E-state index in [9.17, 15) is 0 Å². The first-order chi connectivity index (χ1) is 5.90. The average molecular weight is 163 g/mol. The molecule has 1 aromatic carbocycles. The predicted octanol–water partition coefficient (Wildman–Crippen LogP) is 0.858. The number of benzene rings is 1. The van der Waals surface area contributed by atoms with Gasteiger partial charge in [-0.1, -0.05) is 12.1 Å². The molecule has 4 heteroatoms. The van der Waals surface area contributed by atoms with E-state index in [4.69, 9.17) is 10.5 Å². The van der Waals surface area contributed by atoms with Crippen LogP contribution in [0.4, 0.5) is 0 Å². The fraction of sp³-hybridized carbons (Fsp3) is 0.125. The molecule has 0 radical (unpaired) electrons. The summed E-state index contributed by atoms with van der Waals surface area (Å²) in [6.45, 7) is 0.139. The summed E-state index contributed by atoms with van der Waals surface area (Å²) in [5.41, 5.74) is 7.05. The molecule has 3 N–H and O–H groups in total. The van der Waals surface area contributed by atoms with Gasteiger partial charge in [-0.15, -0.1) is 0 Å². The normalized spacial score (nSPS) is 10.4. The Labute approximate surface area is 69.4 Å². The lowest BCUT2D eigenvalue weighted by molar-refractivity contribution is 0.307. The average Bonchev–Trinajstić information content (AvgIpc) is 2.47. The summed E-state index contributed by atoms with van der Waals surface area (Å²) in [5.74, 6) is 0. The summed E-state index contributed by atoms with van der Waals surface area (Å²) in [7, 11) is 0. The van der Waals surface area contributed by atoms with Crippen LogP contribution in [0, 0.1) is 0 Å². The highest BCUT2D eigenvalue weighted by atomic mass is 16.5. The van der Waals surface area contributed by atoms with Crippen LogP contribution in [0.5, 0.6) is 6.01 Å². The molecule has 4 nitrogen and oxygen atoms in total. The number of ether oxygens (including phenoxy) is 1. The van der Waals surface area contributed by atoms with Gasteiger partial charge in [0.05, 0.1) is 11.0 Å². The highest BCUT2D eigenvalue weighted by Gasteiger charge is 1.99. The number of nitrogens with one attached hydrogen (secondary N) is 1. The number of aromatic nitrogens is 2. The van der Waals surface area contributed by atoms with Crippen LogP contribution in [0.15, 0.2) is 24.3 Å². The number of imidazole rings is 1. The van der Waals surface area contributed by atoms with Crippen LogP contribution in [0.25, 0.3) is 11.0 Å². The Hall–Kier alpha value is -1.55. The summed E-state index contributed by atoms with van der Waals surface area (Å²) in [4.78, 5) is 7.13. The van der Waals surface area contributed by atoms with Crippen molar-refractivity contribution in [2.24, 2.45) is 5.73 Å². The second kappa shape index (κ2) is 2.83. The fourth-order valence-corrected chi connectivity index (χ4v) is 1.08. The Bertz CT molecular complexity index is 349. The van der Waals surface area contributed by atoms with E-state index in [-0.39, 0.29) is 6.73 Å². The molecule has 0 unspecified atom stereocenters. The van der Waals surface area contributed by atoms with Crippen LogP contribution >= 0.6 is 0 Å². The number of H-pyrrole nitrogens is 1. The SMILES string of the molecule is NCOc1nc2ccccc2[nH]1. The van der Waals surface area contributed by atoms with Crippen molar-refractivity contribution in [3.8, 4) is 6.01 Å². The summed E-state index contributed by atoms with van der Waals surface area (Å²) >= 11 is 0. The maximum absolute atomic E-state index is 5.20. The number of hydrogen-bond donors (Lipinski definition) is 2. The van der Waals surface area contributed by atoms with E-state index in [1.54, 1.807) is 0 Å². The molecule has 0 aliphatic carbocycles. The Morgan fingerprint density at radius 3 is 3.00 bits per heavy atom. The lowest BCUT2D eigenvalue weighted by Crippen LogP contribution is -2.07. The third kappa shape index (κ3) is 1.12. The lowest BCUT2D eigenvalue weighted by atomic mass is 10.3. The largest absolute Gasteiger partial charge is 0.449 e. The lowest BCUT2D eigenvalue weighted by Gasteiger charge is -1.93. The quantitative estimate of drug-likeness (QED) is 0.645. The molecule has 0 spiro atoms. The molecule has 2 aromatic rings. The molecule has 0 aliphatic rings. The molecule has 0 bridgehead atoms. The molecule has 12 heavy (non-hydrogen) atoms. The number of para-hydroxylation sites is 2. The van der Waals surface area contributed by atoms with Gasteiger partial charge >= 0.3 is 0 Å². The zero-order valence-corrected chi connectivity index (χ0v) is 6.45. The van der Waals surface area contributed by atoms with Gasteiger partial charge in [0.2, 0.25) is 0 Å². The first-order valence-electron chi connectivity index (χ1n) is 3.68. The standard InChI is InChI=1S/C8H9N3O/c9-5-12-8-10-6-3-1-2-4-7(6)11-8/h1-4H,5,9H2,(H,10,11). The van der Waals surface area contributed by atoms with Gasteiger partial charge in [0.1, 0.15) is 6.73 Å². The van der Waals surface area contributed by atoms with Crippen LogP contribution < -0.4 is 10.5 Å². The Kier molecular flexibility index (Phi) is 1.68. The molecule has 0 saturated carbocycles. The fourth-order valence-electron chi connectivity index (χ4n) is 1.08. The van der Waals surface area contributed by atoms with Crippen molar-refractivity contribution >= 4 is 11.0 Å². The summed E-state index contributed by atoms with van der Waals surface area (Å²) < 4.78 is 5.00. The molecule has 0 fully saturated rings. The van der Waals surface area contributed by atoms with Crippen molar-refractivity contribution < 1.29 is 4.74 Å². The number of fused-ring (bicyclic) bond motifs is 1. The zero-order valence-electron chi connectivity index (χ0n) is 6.45. The number of aromatic amines is 1. The Morgan fingerprint density at radius 1 is 1.42 bits per heavy atom. The molecule has 2 rings (SSSR count). The van der Waals surface area contributed by atoms with Crippen molar-refractivity contribution in [2.45, 2.75) is 0 Å². The molecular weight excluding hydrogens is 154 g/mol. The van der Waals surface area contributed by atoms with Crippen LogP contribution in [0.1, 0.15) is 0 Å². The highest BCUT2D eigenvalue weighted by Crippen LogP contribution is 2.14. The summed E-state index contributed by atoms with van der Waals surface area (Å²) in [6.07, 6.45) is 0. The third-order valence-corrected chi connectivity index (χ3v) is 1.59. The first-order valence-corrected chi connectivity index (χ1v) is 3.68. The Balaban J connectivity index is 2.47. The van der Waals surface area contributed by atoms with Crippen molar-refractivity contribution in [1.82, 2.24) is 9.97 Å². The van der Waals surface area contributed by atoms with Gasteiger partial charge in [-0.2, -0.15) is 4.98 Å². The minimum Gasteiger partial charge on any atom is -0.449 e. The number of hydrogen-bond acceptors (Lipinski definition) is 3. The van der Waals surface area contributed by atoms with E-state index in [1.807, 2.05) is 24.3 Å². The molecule has 0 saturated heterocycles. The minimum absolute atomic E-state index is 0.139. The van der Waals surface area contributed by atoms with Crippen LogP contribution in [-0.4, -0.2) is 16.7 Å². The molecule has 1 aromatic heterocycles. The van der Waals surface area contributed by atoms with Crippen LogP contribution in [0.3, 0.4) is 0 Å². The van der Waals surface area contributed by atoms with Crippen molar-refractivity contribution in [3.63, 3.8) is 0 Å². The molecule has 0 amide bonds. The van der Waals surface area contributed by atoms with Crippen molar-refractivity contribution in [1.29, 1.82) is 0 Å². The minimum atomic E-state index is 0.139. The van der Waals surface area contributed by atoms with E-state index < -0.39 is 0 Å². The summed E-state index contributed by atoms with van der Waals surface area (Å²) in [6, 6.07) is 8.18. The van der Waals surface area contributed by atoms with Gasteiger partial charge in [-0.3, -0.25) is 5.73 Å². The molecule has 1 heterocycles. The van der Waals surface area contributed by atoms with Crippen molar-refractivity contribution in [3.05, 3.63) is 24.3 Å². The van der Waals surface area contributed by atoms with Gasteiger partial charge in [0.25, 0.3) is 6.01 Å². The van der Waals surface area contributed by atoms with E-state index >= 15 is 0 Å². The van der Waals surface area contributed by atoms with E-state index in [0.29, 0.717) is 6.01 Å². The predicted molar refractivity (Wildman–Crippen MR) is 45.8 cm³/mol. The molecule has 0 atom stereocenters. The number of rotatable bonds is 2. The topological polar surface area (TPSA) is 63.9 Å². The zero-order chi connectivity index (χ0) is 8.39. The molecule has 0 aliphatic heterocycles. The monoisotopic (exact) mass is 163 g/mol. The van der Waals surface area contributed by atoms with E-state index in [1.165, 1.54) is 0 Å². The first kappa shape index (κ1) is 7.12. The van der Waals surface area contributed by atoms with Crippen molar-refractivity contribution in [2.75, 3.05) is 6.73 Å². The van der Waals surface area contributed by atoms with Gasteiger partial charge < -0.3 is 9.72 Å². The smallest absolute Gasteiger partial charge is 0.295 e. The van der Waals surface area contributed by atoms with Gasteiger partial charge in [0, 0.05) is 0 Å².